The lowest BCUT2D eigenvalue weighted by Crippen LogP contribution is -2.06. The molecule has 0 rings (SSSR count). The van der Waals surface area contributed by atoms with Crippen LogP contribution in [0.5, 0.6) is 0 Å². The maximum Gasteiger partial charge on any atom is 0.313 e. The molecule has 0 N–H and O–H groups in total. The standard InChI is InChI=1S/C8H12O3/c1-3-4-5-7(9)6-8(10)11-2/h4-5H,3,6H2,1-2H3/b5-4+. The molecule has 3 heteroatoms. The molecule has 0 aliphatic heterocycles. The Bertz CT molecular complexity index is 170. The summed E-state index contributed by atoms with van der Waals surface area (Å²) >= 11 is 0. The van der Waals surface area contributed by atoms with Crippen LogP contribution in [0.2, 0.25) is 0 Å². The van der Waals surface area contributed by atoms with E-state index in [1.54, 1.807) is 6.08 Å². The van der Waals surface area contributed by atoms with Gasteiger partial charge in [0.05, 0.1) is 7.11 Å². The zero-order valence-electron chi connectivity index (χ0n) is 6.79. The third kappa shape index (κ3) is 5.33. The van der Waals surface area contributed by atoms with Gasteiger partial charge in [-0.15, -0.1) is 0 Å². The first-order valence-electron chi connectivity index (χ1n) is 3.47. The van der Waals surface area contributed by atoms with E-state index in [1.165, 1.54) is 13.2 Å². The van der Waals surface area contributed by atoms with Crippen molar-refractivity contribution in [3.05, 3.63) is 12.2 Å². The SMILES string of the molecule is CC/C=C/C(=O)CC(=O)OC. The van der Waals surface area contributed by atoms with Gasteiger partial charge in [-0.05, 0) is 12.5 Å². The highest BCUT2D eigenvalue weighted by Crippen LogP contribution is 1.89. The van der Waals surface area contributed by atoms with Gasteiger partial charge in [0.1, 0.15) is 6.42 Å². The molecule has 0 atom stereocenters. The molecule has 0 spiro atoms. The lowest BCUT2D eigenvalue weighted by Gasteiger charge is -1.92. The summed E-state index contributed by atoms with van der Waals surface area (Å²) in [5.41, 5.74) is 0. The number of methoxy groups -OCH3 is 1. The molecular weight excluding hydrogens is 144 g/mol. The molecule has 0 fully saturated rings. The van der Waals surface area contributed by atoms with Gasteiger partial charge in [0.2, 0.25) is 0 Å². The van der Waals surface area contributed by atoms with E-state index in [4.69, 9.17) is 0 Å². The number of ketones is 1. The second-order valence-electron chi connectivity index (χ2n) is 2.03. The summed E-state index contributed by atoms with van der Waals surface area (Å²) in [6.45, 7) is 1.92. The summed E-state index contributed by atoms with van der Waals surface area (Å²) in [5, 5.41) is 0. The Morgan fingerprint density at radius 3 is 2.55 bits per heavy atom. The van der Waals surface area contributed by atoms with E-state index < -0.39 is 5.97 Å². The second kappa shape index (κ2) is 5.65. The average molecular weight is 156 g/mol. The fourth-order valence-corrected chi connectivity index (χ4v) is 0.523. The van der Waals surface area contributed by atoms with E-state index in [1.807, 2.05) is 6.92 Å². The minimum atomic E-state index is -0.490. The van der Waals surface area contributed by atoms with Crippen LogP contribution in [-0.4, -0.2) is 18.9 Å². The number of allylic oxidation sites excluding steroid dienone is 2. The number of hydrogen-bond acceptors (Lipinski definition) is 3. The van der Waals surface area contributed by atoms with E-state index >= 15 is 0 Å². The molecule has 0 aliphatic carbocycles. The van der Waals surface area contributed by atoms with E-state index in [9.17, 15) is 9.59 Å². The predicted octanol–water partition coefficient (Wildman–Crippen LogP) is 1.08. The maximum absolute atomic E-state index is 10.8. The van der Waals surface area contributed by atoms with E-state index in [0.29, 0.717) is 0 Å². The van der Waals surface area contributed by atoms with Crippen LogP contribution >= 0.6 is 0 Å². The quantitative estimate of drug-likeness (QED) is 0.347. The number of carbonyl (C=O) groups is 2. The zero-order chi connectivity index (χ0) is 8.69. The second-order valence-corrected chi connectivity index (χ2v) is 2.03. The van der Waals surface area contributed by atoms with Crippen molar-refractivity contribution >= 4 is 11.8 Å². The smallest absolute Gasteiger partial charge is 0.313 e. The van der Waals surface area contributed by atoms with Crippen molar-refractivity contribution in [1.29, 1.82) is 0 Å². The third-order valence-corrected chi connectivity index (χ3v) is 1.09. The van der Waals surface area contributed by atoms with Crippen molar-refractivity contribution < 1.29 is 14.3 Å². The first-order chi connectivity index (χ1) is 5.20. The summed E-state index contributed by atoms with van der Waals surface area (Å²) < 4.78 is 4.31. The summed E-state index contributed by atoms with van der Waals surface area (Å²) in [6.07, 6.45) is 3.75. The van der Waals surface area contributed by atoms with E-state index in [2.05, 4.69) is 4.74 Å². The van der Waals surface area contributed by atoms with Crippen molar-refractivity contribution in [3.8, 4) is 0 Å². The van der Waals surface area contributed by atoms with Crippen LogP contribution in [-0.2, 0) is 14.3 Å². The number of ether oxygens (including phenoxy) is 1. The van der Waals surface area contributed by atoms with E-state index in [-0.39, 0.29) is 12.2 Å². The Kier molecular flexibility index (Phi) is 5.07. The van der Waals surface area contributed by atoms with Gasteiger partial charge < -0.3 is 4.74 Å². The summed E-state index contributed by atoms with van der Waals surface area (Å²) in [4.78, 5) is 21.3. The minimum Gasteiger partial charge on any atom is -0.469 e. The highest BCUT2D eigenvalue weighted by molar-refractivity contribution is 6.01. The van der Waals surface area contributed by atoms with Crippen LogP contribution in [0.1, 0.15) is 19.8 Å². The Labute approximate surface area is 66.0 Å². The van der Waals surface area contributed by atoms with Gasteiger partial charge in [0, 0.05) is 0 Å². The molecule has 0 unspecified atom stereocenters. The molecule has 62 valence electrons. The fraction of sp³-hybridized carbons (Fsp3) is 0.500. The van der Waals surface area contributed by atoms with Gasteiger partial charge >= 0.3 is 5.97 Å². The minimum absolute atomic E-state index is 0.160. The number of carbonyl (C=O) groups excluding carboxylic acids is 2. The van der Waals surface area contributed by atoms with Crippen LogP contribution < -0.4 is 0 Å². The van der Waals surface area contributed by atoms with Crippen molar-refractivity contribution in [2.75, 3.05) is 7.11 Å². The van der Waals surface area contributed by atoms with Crippen LogP contribution in [0.25, 0.3) is 0 Å². The van der Waals surface area contributed by atoms with Crippen LogP contribution in [0.4, 0.5) is 0 Å². The number of esters is 1. The topological polar surface area (TPSA) is 43.4 Å². The lowest BCUT2D eigenvalue weighted by atomic mass is 10.2. The fourth-order valence-electron chi connectivity index (χ4n) is 0.523. The Morgan fingerprint density at radius 1 is 1.45 bits per heavy atom. The largest absolute Gasteiger partial charge is 0.469 e. The van der Waals surface area contributed by atoms with Gasteiger partial charge in [-0.1, -0.05) is 13.0 Å². The molecule has 0 bridgehead atoms. The molecule has 0 saturated heterocycles. The molecule has 0 aromatic carbocycles. The van der Waals surface area contributed by atoms with Gasteiger partial charge in [-0.25, -0.2) is 0 Å². The average Bonchev–Trinajstić information content (AvgIpc) is 2.00. The molecule has 0 aliphatic rings. The first kappa shape index (κ1) is 9.88. The lowest BCUT2D eigenvalue weighted by molar-refractivity contribution is -0.142. The number of rotatable bonds is 4. The van der Waals surface area contributed by atoms with Gasteiger partial charge in [-0.3, -0.25) is 9.59 Å². The molecule has 0 heterocycles. The molecule has 0 aromatic heterocycles. The van der Waals surface area contributed by atoms with Gasteiger partial charge in [0.15, 0.2) is 5.78 Å². The van der Waals surface area contributed by atoms with Crippen LogP contribution in [0.15, 0.2) is 12.2 Å². The predicted molar refractivity (Wildman–Crippen MR) is 41.1 cm³/mol. The molecule has 11 heavy (non-hydrogen) atoms. The molecule has 0 aromatic rings. The normalized spacial score (nSPS) is 10.0. The van der Waals surface area contributed by atoms with Crippen molar-refractivity contribution in [2.24, 2.45) is 0 Å². The monoisotopic (exact) mass is 156 g/mol. The number of hydrogen-bond donors (Lipinski definition) is 0. The molecule has 0 radical (unpaired) electrons. The van der Waals surface area contributed by atoms with Gasteiger partial charge in [0.25, 0.3) is 0 Å². The Hall–Kier alpha value is -1.12. The summed E-state index contributed by atoms with van der Waals surface area (Å²) in [6, 6.07) is 0. The van der Waals surface area contributed by atoms with Crippen molar-refractivity contribution in [3.63, 3.8) is 0 Å². The Balaban J connectivity index is 3.69. The van der Waals surface area contributed by atoms with Crippen LogP contribution in [0, 0.1) is 0 Å². The van der Waals surface area contributed by atoms with Crippen molar-refractivity contribution in [1.82, 2.24) is 0 Å². The highest BCUT2D eigenvalue weighted by atomic mass is 16.5. The van der Waals surface area contributed by atoms with Crippen LogP contribution in [0.3, 0.4) is 0 Å². The molecular formula is C8H12O3. The molecule has 0 saturated carbocycles. The zero-order valence-corrected chi connectivity index (χ0v) is 6.79. The summed E-state index contributed by atoms with van der Waals surface area (Å²) in [5.74, 6) is -0.700. The van der Waals surface area contributed by atoms with Crippen molar-refractivity contribution in [2.45, 2.75) is 19.8 Å². The molecule has 3 nitrogen and oxygen atoms in total. The summed E-state index contributed by atoms with van der Waals surface area (Å²) in [7, 11) is 1.26. The van der Waals surface area contributed by atoms with E-state index in [0.717, 1.165) is 6.42 Å². The maximum atomic E-state index is 10.8. The Morgan fingerprint density at radius 2 is 2.09 bits per heavy atom. The highest BCUT2D eigenvalue weighted by Gasteiger charge is 2.04. The van der Waals surface area contributed by atoms with Gasteiger partial charge in [-0.2, -0.15) is 0 Å². The molecule has 0 amide bonds. The first-order valence-corrected chi connectivity index (χ1v) is 3.47. The third-order valence-electron chi connectivity index (χ3n) is 1.09.